The highest BCUT2D eigenvalue weighted by Crippen LogP contribution is 2.18. The molecule has 18 heavy (non-hydrogen) atoms. The monoisotopic (exact) mass is 273 g/mol. The molecule has 4 heteroatoms. The second kappa shape index (κ2) is 9.20. The minimum atomic E-state index is -0.370. The Labute approximate surface area is 116 Å². The van der Waals surface area contributed by atoms with E-state index in [1.807, 2.05) is 24.3 Å². The lowest BCUT2D eigenvalue weighted by atomic mass is 10.1. The summed E-state index contributed by atoms with van der Waals surface area (Å²) in [5.74, 6) is 1.45. The average Bonchev–Trinajstić information content (AvgIpc) is 2.29. The standard InChI is InChI=1S/C14H23NO2.ClH/c1-11(2)9-15-10-13(16)8-12-6-4-5-7-14(12)17-3;/h4-7,11,13,15-16H,8-10H2,1-3H3;1H. The molecule has 1 atom stereocenters. The van der Waals surface area contributed by atoms with Gasteiger partial charge in [-0.05, 0) is 24.1 Å². The highest BCUT2D eigenvalue weighted by Gasteiger charge is 2.09. The number of ether oxygens (including phenoxy) is 1. The van der Waals surface area contributed by atoms with Crippen LogP contribution in [-0.4, -0.2) is 31.4 Å². The molecule has 0 saturated carbocycles. The number of aliphatic hydroxyl groups excluding tert-OH is 1. The van der Waals surface area contributed by atoms with Crippen LogP contribution >= 0.6 is 12.4 Å². The molecule has 0 bridgehead atoms. The van der Waals surface area contributed by atoms with E-state index in [0.717, 1.165) is 17.9 Å². The predicted octanol–water partition coefficient (Wildman–Crippen LogP) is 2.27. The zero-order valence-electron chi connectivity index (χ0n) is 11.3. The van der Waals surface area contributed by atoms with Crippen LogP contribution in [0, 0.1) is 5.92 Å². The molecule has 0 saturated heterocycles. The van der Waals surface area contributed by atoms with E-state index in [2.05, 4.69) is 19.2 Å². The summed E-state index contributed by atoms with van der Waals surface area (Å²) in [5, 5.41) is 13.2. The molecule has 104 valence electrons. The van der Waals surface area contributed by atoms with Gasteiger partial charge >= 0.3 is 0 Å². The van der Waals surface area contributed by atoms with Crippen LogP contribution in [0.15, 0.2) is 24.3 Å². The van der Waals surface area contributed by atoms with Crippen molar-refractivity contribution in [2.45, 2.75) is 26.4 Å². The normalized spacial score (nSPS) is 12.1. The molecular weight excluding hydrogens is 250 g/mol. The number of aliphatic hydroxyl groups is 1. The summed E-state index contributed by atoms with van der Waals surface area (Å²) in [6, 6.07) is 7.81. The van der Waals surface area contributed by atoms with Crippen molar-refractivity contribution in [2.75, 3.05) is 20.2 Å². The van der Waals surface area contributed by atoms with Gasteiger partial charge in [-0.25, -0.2) is 0 Å². The summed E-state index contributed by atoms with van der Waals surface area (Å²) in [5.41, 5.74) is 1.05. The fourth-order valence-corrected chi connectivity index (χ4v) is 1.74. The quantitative estimate of drug-likeness (QED) is 0.801. The van der Waals surface area contributed by atoms with Gasteiger partial charge in [0.2, 0.25) is 0 Å². The van der Waals surface area contributed by atoms with Gasteiger partial charge in [0.1, 0.15) is 5.75 Å². The number of rotatable bonds is 7. The number of hydrogen-bond acceptors (Lipinski definition) is 3. The number of benzene rings is 1. The Bertz CT molecular complexity index is 331. The van der Waals surface area contributed by atoms with Gasteiger partial charge in [-0.2, -0.15) is 0 Å². The number of halogens is 1. The van der Waals surface area contributed by atoms with Crippen LogP contribution in [0.25, 0.3) is 0 Å². The predicted molar refractivity (Wildman–Crippen MR) is 77.7 cm³/mol. The van der Waals surface area contributed by atoms with Gasteiger partial charge in [0.25, 0.3) is 0 Å². The summed E-state index contributed by atoms with van der Waals surface area (Å²) < 4.78 is 5.26. The molecule has 1 rings (SSSR count). The van der Waals surface area contributed by atoms with Crippen molar-refractivity contribution in [3.05, 3.63) is 29.8 Å². The van der Waals surface area contributed by atoms with Gasteiger partial charge in [0.05, 0.1) is 13.2 Å². The van der Waals surface area contributed by atoms with Gasteiger partial charge in [-0.1, -0.05) is 32.0 Å². The minimum Gasteiger partial charge on any atom is -0.496 e. The number of nitrogens with one attached hydrogen (secondary N) is 1. The first-order valence-electron chi connectivity index (χ1n) is 6.14. The van der Waals surface area contributed by atoms with Crippen molar-refractivity contribution < 1.29 is 9.84 Å². The smallest absolute Gasteiger partial charge is 0.122 e. The molecule has 1 unspecified atom stereocenters. The summed E-state index contributed by atoms with van der Waals surface area (Å²) >= 11 is 0. The van der Waals surface area contributed by atoms with Crippen molar-refractivity contribution >= 4 is 12.4 Å². The van der Waals surface area contributed by atoms with Crippen molar-refractivity contribution in [1.82, 2.24) is 5.32 Å². The molecule has 0 aliphatic rings. The van der Waals surface area contributed by atoms with Crippen LogP contribution in [0.3, 0.4) is 0 Å². The lowest BCUT2D eigenvalue weighted by Gasteiger charge is -2.15. The SMILES string of the molecule is COc1ccccc1CC(O)CNCC(C)C.Cl. The van der Waals surface area contributed by atoms with E-state index >= 15 is 0 Å². The van der Waals surface area contributed by atoms with Gasteiger partial charge in [-0.15, -0.1) is 12.4 Å². The first kappa shape index (κ1) is 17.2. The third-order valence-corrected chi connectivity index (χ3v) is 2.58. The van der Waals surface area contributed by atoms with Gasteiger partial charge in [0, 0.05) is 13.0 Å². The topological polar surface area (TPSA) is 41.5 Å². The molecule has 1 aromatic carbocycles. The van der Waals surface area contributed by atoms with Gasteiger partial charge in [-0.3, -0.25) is 0 Å². The van der Waals surface area contributed by atoms with Crippen molar-refractivity contribution in [3.63, 3.8) is 0 Å². The van der Waals surface area contributed by atoms with E-state index < -0.39 is 0 Å². The maximum atomic E-state index is 9.92. The molecule has 2 N–H and O–H groups in total. The molecule has 0 aliphatic carbocycles. The van der Waals surface area contributed by atoms with Crippen molar-refractivity contribution in [3.8, 4) is 5.75 Å². The molecule has 0 radical (unpaired) electrons. The maximum Gasteiger partial charge on any atom is 0.122 e. The minimum absolute atomic E-state index is 0. The Morgan fingerprint density at radius 2 is 1.89 bits per heavy atom. The molecule has 0 spiro atoms. The van der Waals surface area contributed by atoms with E-state index in [1.54, 1.807) is 7.11 Å². The Morgan fingerprint density at radius 1 is 1.22 bits per heavy atom. The van der Waals surface area contributed by atoms with Crippen LogP contribution in [0.4, 0.5) is 0 Å². The largest absolute Gasteiger partial charge is 0.496 e. The highest BCUT2D eigenvalue weighted by molar-refractivity contribution is 5.85. The van der Waals surface area contributed by atoms with E-state index in [0.29, 0.717) is 18.9 Å². The average molecular weight is 274 g/mol. The van der Waals surface area contributed by atoms with Crippen LogP contribution in [0.5, 0.6) is 5.75 Å². The molecule has 0 amide bonds. The Kier molecular flexibility index (Phi) is 8.81. The number of hydrogen-bond donors (Lipinski definition) is 2. The van der Waals surface area contributed by atoms with Gasteiger partial charge < -0.3 is 15.2 Å². The Hall–Kier alpha value is -0.770. The van der Waals surface area contributed by atoms with Crippen LogP contribution in [0.2, 0.25) is 0 Å². The molecular formula is C14H24ClNO2. The zero-order chi connectivity index (χ0) is 12.7. The molecule has 0 heterocycles. The Balaban J connectivity index is 0.00000289. The molecule has 0 aromatic heterocycles. The highest BCUT2D eigenvalue weighted by atomic mass is 35.5. The Morgan fingerprint density at radius 3 is 2.50 bits per heavy atom. The zero-order valence-corrected chi connectivity index (χ0v) is 12.2. The first-order chi connectivity index (χ1) is 8.13. The van der Waals surface area contributed by atoms with E-state index in [4.69, 9.17) is 4.74 Å². The van der Waals surface area contributed by atoms with Gasteiger partial charge in [0.15, 0.2) is 0 Å². The van der Waals surface area contributed by atoms with Crippen LogP contribution in [-0.2, 0) is 6.42 Å². The lowest BCUT2D eigenvalue weighted by molar-refractivity contribution is 0.169. The van der Waals surface area contributed by atoms with Crippen LogP contribution in [0.1, 0.15) is 19.4 Å². The lowest BCUT2D eigenvalue weighted by Crippen LogP contribution is -2.30. The third kappa shape index (κ3) is 6.24. The molecule has 0 aliphatic heterocycles. The van der Waals surface area contributed by atoms with Crippen molar-refractivity contribution in [2.24, 2.45) is 5.92 Å². The fraction of sp³-hybridized carbons (Fsp3) is 0.571. The maximum absolute atomic E-state index is 9.92. The second-order valence-electron chi connectivity index (χ2n) is 4.72. The molecule has 0 fully saturated rings. The second-order valence-corrected chi connectivity index (χ2v) is 4.72. The van der Waals surface area contributed by atoms with Crippen LogP contribution < -0.4 is 10.1 Å². The van der Waals surface area contributed by atoms with E-state index in [9.17, 15) is 5.11 Å². The van der Waals surface area contributed by atoms with Crippen molar-refractivity contribution in [1.29, 1.82) is 0 Å². The number of methoxy groups -OCH3 is 1. The number of para-hydroxylation sites is 1. The summed E-state index contributed by atoms with van der Waals surface area (Å²) in [4.78, 5) is 0. The summed E-state index contributed by atoms with van der Waals surface area (Å²) in [7, 11) is 1.65. The van der Waals surface area contributed by atoms with E-state index in [-0.39, 0.29) is 18.5 Å². The third-order valence-electron chi connectivity index (χ3n) is 2.58. The fourth-order valence-electron chi connectivity index (χ4n) is 1.74. The molecule has 1 aromatic rings. The molecule has 3 nitrogen and oxygen atoms in total. The first-order valence-corrected chi connectivity index (χ1v) is 6.14. The summed E-state index contributed by atoms with van der Waals surface area (Å²) in [6.45, 7) is 5.86. The van der Waals surface area contributed by atoms with E-state index in [1.165, 1.54) is 0 Å². The summed E-state index contributed by atoms with van der Waals surface area (Å²) in [6.07, 6.45) is 0.250.